The summed E-state index contributed by atoms with van der Waals surface area (Å²) >= 11 is 0. The largest absolute Gasteiger partial charge is 0.322 e. The summed E-state index contributed by atoms with van der Waals surface area (Å²) in [6.45, 7) is 8.49. The van der Waals surface area contributed by atoms with Crippen molar-refractivity contribution in [2.45, 2.75) is 26.3 Å². The van der Waals surface area contributed by atoms with E-state index in [9.17, 15) is 14.4 Å². The van der Waals surface area contributed by atoms with Gasteiger partial charge in [0, 0.05) is 37.4 Å². The lowest BCUT2D eigenvalue weighted by Gasteiger charge is -2.32. The SMILES string of the molecule is CN1CCN(C(=O)Nc2ccc3c(c2)C(=O)N(C(C)(C)C)C3=O)CC1. The molecule has 3 rings (SSSR count). The van der Waals surface area contributed by atoms with Crippen LogP contribution in [0.25, 0.3) is 0 Å². The minimum Gasteiger partial charge on any atom is -0.322 e. The molecule has 0 unspecified atom stereocenters. The van der Waals surface area contributed by atoms with E-state index in [2.05, 4.69) is 10.2 Å². The lowest BCUT2D eigenvalue weighted by molar-refractivity contribution is 0.0507. The number of urea groups is 1. The molecule has 0 spiro atoms. The molecule has 7 heteroatoms. The van der Waals surface area contributed by atoms with Crippen LogP contribution in [0, 0.1) is 0 Å². The second-order valence-corrected chi connectivity index (χ2v) is 7.60. The number of hydrogen-bond acceptors (Lipinski definition) is 4. The predicted octanol–water partition coefficient (Wildman–Crippen LogP) is 1.86. The monoisotopic (exact) mass is 344 g/mol. The van der Waals surface area contributed by atoms with Gasteiger partial charge in [0.1, 0.15) is 0 Å². The Hall–Kier alpha value is -2.41. The minimum absolute atomic E-state index is 0.183. The van der Waals surface area contributed by atoms with Gasteiger partial charge in [-0.25, -0.2) is 4.79 Å². The highest BCUT2D eigenvalue weighted by molar-refractivity contribution is 6.22. The van der Waals surface area contributed by atoms with Crippen LogP contribution in [0.2, 0.25) is 0 Å². The Labute approximate surface area is 147 Å². The topological polar surface area (TPSA) is 73.0 Å². The number of benzene rings is 1. The summed E-state index contributed by atoms with van der Waals surface area (Å²) in [7, 11) is 2.03. The molecule has 1 saturated heterocycles. The van der Waals surface area contributed by atoms with Crippen molar-refractivity contribution in [1.82, 2.24) is 14.7 Å². The zero-order valence-corrected chi connectivity index (χ0v) is 15.1. The fraction of sp³-hybridized carbons (Fsp3) is 0.500. The summed E-state index contributed by atoms with van der Waals surface area (Å²) in [5.41, 5.74) is 0.671. The molecule has 2 heterocycles. The summed E-state index contributed by atoms with van der Waals surface area (Å²) in [4.78, 5) is 42.6. The zero-order valence-electron chi connectivity index (χ0n) is 15.1. The van der Waals surface area contributed by atoms with E-state index in [0.29, 0.717) is 29.9 Å². The van der Waals surface area contributed by atoms with E-state index in [1.54, 1.807) is 23.1 Å². The van der Waals surface area contributed by atoms with Crippen molar-refractivity contribution in [2.24, 2.45) is 0 Å². The molecule has 2 aliphatic heterocycles. The fourth-order valence-electron chi connectivity index (χ4n) is 3.14. The Kier molecular flexibility index (Phi) is 4.28. The van der Waals surface area contributed by atoms with Crippen LogP contribution < -0.4 is 5.32 Å². The van der Waals surface area contributed by atoms with Gasteiger partial charge < -0.3 is 15.1 Å². The molecule has 1 fully saturated rings. The van der Waals surface area contributed by atoms with Gasteiger partial charge in [0.15, 0.2) is 0 Å². The van der Waals surface area contributed by atoms with Gasteiger partial charge >= 0.3 is 6.03 Å². The first-order chi connectivity index (χ1) is 11.7. The molecule has 2 aliphatic rings. The molecule has 1 N–H and O–H groups in total. The van der Waals surface area contributed by atoms with Gasteiger partial charge in [0.25, 0.3) is 11.8 Å². The van der Waals surface area contributed by atoms with Crippen LogP contribution in [-0.4, -0.2) is 71.3 Å². The van der Waals surface area contributed by atoms with Crippen LogP contribution in [0.15, 0.2) is 18.2 Å². The van der Waals surface area contributed by atoms with E-state index in [1.165, 1.54) is 4.90 Å². The first kappa shape index (κ1) is 17.4. The fourth-order valence-corrected chi connectivity index (χ4v) is 3.14. The molecule has 0 bridgehead atoms. The molecule has 1 aromatic carbocycles. The van der Waals surface area contributed by atoms with Crippen molar-refractivity contribution < 1.29 is 14.4 Å². The van der Waals surface area contributed by atoms with E-state index < -0.39 is 5.54 Å². The van der Waals surface area contributed by atoms with Crippen molar-refractivity contribution in [1.29, 1.82) is 0 Å². The number of amides is 4. The standard InChI is InChI=1S/C18H24N4O3/c1-18(2,3)22-15(23)13-6-5-12(11-14(13)16(22)24)19-17(25)21-9-7-20(4)8-10-21/h5-6,11H,7-10H2,1-4H3,(H,19,25). The average Bonchev–Trinajstić information content (AvgIpc) is 2.78. The predicted molar refractivity (Wildman–Crippen MR) is 94.8 cm³/mol. The molecule has 134 valence electrons. The summed E-state index contributed by atoms with van der Waals surface area (Å²) < 4.78 is 0. The van der Waals surface area contributed by atoms with Gasteiger partial charge in [-0.3, -0.25) is 14.5 Å². The first-order valence-electron chi connectivity index (χ1n) is 8.46. The molecule has 0 saturated carbocycles. The Bertz CT molecular complexity index is 730. The quantitative estimate of drug-likeness (QED) is 0.789. The molecule has 0 aromatic heterocycles. The normalized spacial score (nSPS) is 18.6. The lowest BCUT2D eigenvalue weighted by atomic mass is 10.1. The molecule has 0 radical (unpaired) electrons. The van der Waals surface area contributed by atoms with Crippen LogP contribution in [0.4, 0.5) is 10.5 Å². The third-order valence-corrected chi connectivity index (χ3v) is 4.60. The third-order valence-electron chi connectivity index (χ3n) is 4.60. The number of piperazine rings is 1. The number of nitrogens with one attached hydrogen (secondary N) is 1. The molecular formula is C18H24N4O3. The van der Waals surface area contributed by atoms with Gasteiger partial charge in [-0.1, -0.05) is 0 Å². The average molecular weight is 344 g/mol. The van der Waals surface area contributed by atoms with Gasteiger partial charge in [0.2, 0.25) is 0 Å². The zero-order chi connectivity index (χ0) is 18.4. The third kappa shape index (κ3) is 3.24. The maximum Gasteiger partial charge on any atom is 0.321 e. The van der Waals surface area contributed by atoms with Crippen LogP contribution in [0.1, 0.15) is 41.5 Å². The molecule has 4 amide bonds. The van der Waals surface area contributed by atoms with Crippen molar-refractivity contribution in [3.63, 3.8) is 0 Å². The first-order valence-corrected chi connectivity index (χ1v) is 8.46. The Morgan fingerprint density at radius 2 is 1.60 bits per heavy atom. The number of rotatable bonds is 1. The van der Waals surface area contributed by atoms with Crippen molar-refractivity contribution in [3.8, 4) is 0 Å². The second-order valence-electron chi connectivity index (χ2n) is 7.60. The second kappa shape index (κ2) is 6.15. The summed E-state index contributed by atoms with van der Waals surface area (Å²) in [6, 6.07) is 4.69. The Morgan fingerprint density at radius 3 is 2.20 bits per heavy atom. The van der Waals surface area contributed by atoms with Crippen LogP contribution in [0.5, 0.6) is 0 Å². The smallest absolute Gasteiger partial charge is 0.321 e. The van der Waals surface area contributed by atoms with E-state index in [1.807, 2.05) is 27.8 Å². The number of imide groups is 1. The van der Waals surface area contributed by atoms with E-state index in [-0.39, 0.29) is 17.8 Å². The van der Waals surface area contributed by atoms with Gasteiger partial charge in [-0.2, -0.15) is 0 Å². The number of carbonyl (C=O) groups is 3. The highest BCUT2D eigenvalue weighted by Crippen LogP contribution is 2.31. The Morgan fingerprint density at radius 1 is 1.00 bits per heavy atom. The van der Waals surface area contributed by atoms with Crippen LogP contribution in [0.3, 0.4) is 0 Å². The number of carbonyl (C=O) groups excluding carboxylic acids is 3. The molecular weight excluding hydrogens is 320 g/mol. The van der Waals surface area contributed by atoms with Crippen molar-refractivity contribution >= 4 is 23.5 Å². The van der Waals surface area contributed by atoms with Crippen molar-refractivity contribution in [3.05, 3.63) is 29.3 Å². The van der Waals surface area contributed by atoms with Gasteiger partial charge in [-0.05, 0) is 46.0 Å². The maximum absolute atomic E-state index is 12.6. The molecule has 0 aliphatic carbocycles. The number of likely N-dealkylation sites (N-methyl/N-ethyl adjacent to an activating group) is 1. The summed E-state index contributed by atoms with van der Waals surface area (Å²) in [5.74, 6) is -0.604. The van der Waals surface area contributed by atoms with E-state index in [0.717, 1.165) is 13.1 Å². The van der Waals surface area contributed by atoms with Crippen LogP contribution in [-0.2, 0) is 0 Å². The number of fused-ring (bicyclic) bond motifs is 1. The molecule has 25 heavy (non-hydrogen) atoms. The highest BCUT2D eigenvalue weighted by Gasteiger charge is 2.41. The van der Waals surface area contributed by atoms with Gasteiger partial charge in [0.05, 0.1) is 11.1 Å². The highest BCUT2D eigenvalue weighted by atomic mass is 16.2. The van der Waals surface area contributed by atoms with Crippen molar-refractivity contribution in [2.75, 3.05) is 38.5 Å². The van der Waals surface area contributed by atoms with E-state index >= 15 is 0 Å². The van der Waals surface area contributed by atoms with Gasteiger partial charge in [-0.15, -0.1) is 0 Å². The summed E-state index contributed by atoms with van der Waals surface area (Å²) in [5, 5.41) is 2.83. The minimum atomic E-state index is -0.587. The maximum atomic E-state index is 12.6. The number of nitrogens with zero attached hydrogens (tertiary/aromatic N) is 3. The van der Waals surface area contributed by atoms with Crippen LogP contribution >= 0.6 is 0 Å². The lowest BCUT2D eigenvalue weighted by Crippen LogP contribution is -2.48. The molecule has 0 atom stereocenters. The Balaban J connectivity index is 1.77. The molecule has 1 aromatic rings. The van der Waals surface area contributed by atoms with E-state index in [4.69, 9.17) is 0 Å². The summed E-state index contributed by atoms with van der Waals surface area (Å²) in [6.07, 6.45) is 0. The molecule has 7 nitrogen and oxygen atoms in total. The number of anilines is 1. The number of hydrogen-bond donors (Lipinski definition) is 1.